The van der Waals surface area contributed by atoms with Crippen LogP contribution >= 0.6 is 0 Å². The summed E-state index contributed by atoms with van der Waals surface area (Å²) in [6, 6.07) is 1.78. The normalized spacial score (nSPS) is 10.6. The maximum atomic E-state index is 11.9. The molecule has 0 atom stereocenters. The Labute approximate surface area is 102 Å². The molecule has 2 aromatic heterocycles. The lowest BCUT2D eigenvalue weighted by molar-refractivity contribution is -0.385. The molecule has 0 bridgehead atoms. The molecule has 0 amide bonds. The minimum absolute atomic E-state index is 0.0875. The van der Waals surface area contributed by atoms with Gasteiger partial charge in [0.2, 0.25) is 0 Å². The van der Waals surface area contributed by atoms with Crippen LogP contribution in [0.1, 0.15) is 16.2 Å². The minimum Gasteiger partial charge on any atom is -0.270 e. The van der Waals surface area contributed by atoms with Gasteiger partial charge in [-0.05, 0) is 19.9 Å². The van der Waals surface area contributed by atoms with Crippen LogP contribution in [-0.4, -0.2) is 30.4 Å². The second-order valence-corrected chi connectivity index (χ2v) is 3.89. The van der Waals surface area contributed by atoms with E-state index < -0.39 is 4.92 Å². The van der Waals surface area contributed by atoms with Crippen LogP contribution in [0.3, 0.4) is 0 Å². The molecule has 0 unspecified atom stereocenters. The number of rotatable bonds is 3. The molecule has 0 fully saturated rings. The highest BCUT2D eigenvalue weighted by Gasteiger charge is 2.14. The molecule has 8 heteroatoms. The zero-order valence-corrected chi connectivity index (χ0v) is 9.90. The summed E-state index contributed by atoms with van der Waals surface area (Å²) in [5.74, 6) is -0.293. The van der Waals surface area contributed by atoms with Crippen molar-refractivity contribution >= 4 is 11.6 Å². The van der Waals surface area contributed by atoms with Crippen molar-refractivity contribution in [3.63, 3.8) is 0 Å². The molecule has 94 valence electrons. The molecule has 0 saturated heterocycles. The van der Waals surface area contributed by atoms with Crippen LogP contribution in [0.4, 0.5) is 5.69 Å². The quantitative estimate of drug-likeness (QED) is 0.596. The van der Waals surface area contributed by atoms with Gasteiger partial charge in [-0.25, -0.2) is 4.68 Å². The summed E-state index contributed by atoms with van der Waals surface area (Å²) < 4.78 is 2.49. The zero-order valence-electron chi connectivity index (χ0n) is 9.90. The van der Waals surface area contributed by atoms with Crippen LogP contribution in [0.25, 0.3) is 0 Å². The number of aromatic nitrogens is 4. The van der Waals surface area contributed by atoms with E-state index >= 15 is 0 Å². The third kappa shape index (κ3) is 2.26. The first-order valence-electron chi connectivity index (χ1n) is 5.20. The number of hydrogen-bond acceptors (Lipinski definition) is 5. The van der Waals surface area contributed by atoms with Gasteiger partial charge in [0.15, 0.2) is 0 Å². The van der Waals surface area contributed by atoms with E-state index in [4.69, 9.17) is 0 Å². The zero-order chi connectivity index (χ0) is 13.3. The molecule has 0 spiro atoms. The number of nitrogens with zero attached hydrogens (tertiary/aromatic N) is 5. The molecule has 0 saturated carbocycles. The van der Waals surface area contributed by atoms with E-state index in [0.29, 0.717) is 0 Å². The van der Waals surface area contributed by atoms with Crippen LogP contribution in [0.2, 0.25) is 0 Å². The van der Waals surface area contributed by atoms with E-state index in [-0.39, 0.29) is 18.1 Å². The molecule has 0 aliphatic carbocycles. The first-order chi connectivity index (χ1) is 8.47. The first-order valence-corrected chi connectivity index (χ1v) is 5.20. The first kappa shape index (κ1) is 12.0. The number of aryl methyl sites for hydroxylation is 2. The van der Waals surface area contributed by atoms with Crippen molar-refractivity contribution in [1.29, 1.82) is 0 Å². The minimum atomic E-state index is -0.558. The van der Waals surface area contributed by atoms with E-state index in [1.165, 1.54) is 15.6 Å². The van der Waals surface area contributed by atoms with Crippen molar-refractivity contribution in [2.24, 2.45) is 0 Å². The molecule has 0 radical (unpaired) electrons. The van der Waals surface area contributed by atoms with Gasteiger partial charge in [0.1, 0.15) is 18.9 Å². The summed E-state index contributed by atoms with van der Waals surface area (Å²) in [6.07, 6.45) is 2.32. The van der Waals surface area contributed by atoms with E-state index in [2.05, 4.69) is 10.2 Å². The number of nitro groups is 1. The average Bonchev–Trinajstić information content (AvgIpc) is 2.85. The lowest BCUT2D eigenvalue weighted by Gasteiger charge is -2.02. The Kier molecular flexibility index (Phi) is 2.92. The standard InChI is InChI=1S/C10H11N5O3/c1-7-3-8(2)14(12-7)10(16)6-13-5-9(4-11-13)15(17)18/h3-5H,6H2,1-2H3. The van der Waals surface area contributed by atoms with Gasteiger partial charge in [0.25, 0.3) is 5.91 Å². The van der Waals surface area contributed by atoms with Gasteiger partial charge in [-0.1, -0.05) is 0 Å². The third-order valence-corrected chi connectivity index (χ3v) is 2.37. The molecule has 0 aliphatic heterocycles. The highest BCUT2D eigenvalue weighted by molar-refractivity contribution is 5.78. The van der Waals surface area contributed by atoms with Gasteiger partial charge in [0.05, 0.1) is 10.6 Å². The Morgan fingerprint density at radius 1 is 1.50 bits per heavy atom. The average molecular weight is 249 g/mol. The molecule has 2 rings (SSSR count). The van der Waals surface area contributed by atoms with Crippen molar-refractivity contribution in [1.82, 2.24) is 19.6 Å². The lowest BCUT2D eigenvalue weighted by atomic mass is 10.4. The largest absolute Gasteiger partial charge is 0.307 e. The molecule has 0 N–H and O–H groups in total. The second-order valence-electron chi connectivity index (χ2n) is 3.89. The fourth-order valence-electron chi connectivity index (χ4n) is 1.62. The smallest absolute Gasteiger partial charge is 0.270 e. The maximum Gasteiger partial charge on any atom is 0.307 e. The van der Waals surface area contributed by atoms with Crippen molar-refractivity contribution < 1.29 is 9.72 Å². The van der Waals surface area contributed by atoms with E-state index in [9.17, 15) is 14.9 Å². The van der Waals surface area contributed by atoms with Gasteiger partial charge >= 0.3 is 5.69 Å². The molecule has 0 aliphatic rings. The SMILES string of the molecule is Cc1cc(C)n(C(=O)Cn2cc([N+](=O)[O-])cn2)n1. The number of hydrogen-bond donors (Lipinski definition) is 0. The highest BCUT2D eigenvalue weighted by atomic mass is 16.6. The van der Waals surface area contributed by atoms with E-state index in [1.54, 1.807) is 19.9 Å². The van der Waals surface area contributed by atoms with E-state index in [0.717, 1.165) is 17.6 Å². The Morgan fingerprint density at radius 3 is 2.72 bits per heavy atom. The second kappa shape index (κ2) is 4.40. The van der Waals surface area contributed by atoms with Crippen molar-refractivity contribution in [2.75, 3.05) is 0 Å². The lowest BCUT2D eigenvalue weighted by Crippen LogP contribution is -2.20. The van der Waals surface area contributed by atoms with Crippen molar-refractivity contribution in [3.8, 4) is 0 Å². The summed E-state index contributed by atoms with van der Waals surface area (Å²) in [4.78, 5) is 21.8. The van der Waals surface area contributed by atoms with E-state index in [1.807, 2.05) is 0 Å². The Bertz CT molecular complexity index is 613. The topological polar surface area (TPSA) is 95.8 Å². The summed E-state index contributed by atoms with van der Waals surface area (Å²) in [6.45, 7) is 3.47. The maximum absolute atomic E-state index is 11.9. The van der Waals surface area contributed by atoms with Crippen molar-refractivity contribution in [3.05, 3.63) is 40.0 Å². The fourth-order valence-corrected chi connectivity index (χ4v) is 1.62. The molecular formula is C10H11N5O3. The third-order valence-electron chi connectivity index (χ3n) is 2.37. The molecular weight excluding hydrogens is 238 g/mol. The van der Waals surface area contributed by atoms with Crippen LogP contribution in [-0.2, 0) is 6.54 Å². The summed E-state index contributed by atoms with van der Waals surface area (Å²) in [5, 5.41) is 18.3. The molecule has 0 aromatic carbocycles. The van der Waals surface area contributed by atoms with Crippen LogP contribution in [0.5, 0.6) is 0 Å². The van der Waals surface area contributed by atoms with Crippen LogP contribution < -0.4 is 0 Å². The van der Waals surface area contributed by atoms with Gasteiger partial charge in [-0.3, -0.25) is 19.6 Å². The Hall–Kier alpha value is -2.51. The predicted molar refractivity (Wildman–Crippen MR) is 61.2 cm³/mol. The molecule has 2 heterocycles. The van der Waals surface area contributed by atoms with Crippen LogP contribution in [0.15, 0.2) is 18.5 Å². The van der Waals surface area contributed by atoms with Gasteiger partial charge < -0.3 is 0 Å². The van der Waals surface area contributed by atoms with Crippen LogP contribution in [0, 0.1) is 24.0 Å². The van der Waals surface area contributed by atoms with Gasteiger partial charge in [-0.15, -0.1) is 0 Å². The number of carbonyl (C=O) groups excluding carboxylic acids is 1. The monoisotopic (exact) mass is 249 g/mol. The number of carbonyl (C=O) groups is 1. The Morgan fingerprint density at radius 2 is 2.22 bits per heavy atom. The highest BCUT2D eigenvalue weighted by Crippen LogP contribution is 2.08. The summed E-state index contributed by atoms with van der Waals surface area (Å²) in [7, 11) is 0. The molecule has 2 aromatic rings. The van der Waals surface area contributed by atoms with Crippen molar-refractivity contribution in [2.45, 2.75) is 20.4 Å². The summed E-state index contributed by atoms with van der Waals surface area (Å²) in [5.41, 5.74) is 1.32. The Balaban J connectivity index is 2.16. The summed E-state index contributed by atoms with van der Waals surface area (Å²) >= 11 is 0. The molecule has 8 nitrogen and oxygen atoms in total. The molecule has 18 heavy (non-hydrogen) atoms. The van der Waals surface area contributed by atoms with Gasteiger partial charge in [0, 0.05) is 5.69 Å². The predicted octanol–water partition coefficient (Wildman–Crippen LogP) is 0.945. The fraction of sp³-hybridized carbons (Fsp3) is 0.300. The van der Waals surface area contributed by atoms with Gasteiger partial charge in [-0.2, -0.15) is 10.2 Å².